The number of hydrogen-bond acceptors (Lipinski definition) is 4. The number of likely N-dealkylation sites (tertiary alicyclic amines) is 2. The molecule has 24 heavy (non-hydrogen) atoms. The van der Waals surface area contributed by atoms with Crippen molar-refractivity contribution in [1.82, 2.24) is 19.6 Å². The van der Waals surface area contributed by atoms with Gasteiger partial charge in [-0.05, 0) is 60.4 Å². The van der Waals surface area contributed by atoms with E-state index in [9.17, 15) is 0 Å². The van der Waals surface area contributed by atoms with E-state index in [1.807, 2.05) is 0 Å². The first kappa shape index (κ1) is 18.6. The fraction of sp³-hybridized carbons (Fsp3) is 1.00. The van der Waals surface area contributed by atoms with Crippen LogP contribution in [0, 0.1) is 5.92 Å². The third kappa shape index (κ3) is 4.32. The predicted octanol–water partition coefficient (Wildman–Crippen LogP) is 2.21. The van der Waals surface area contributed by atoms with Crippen molar-refractivity contribution in [2.75, 3.05) is 58.9 Å². The van der Waals surface area contributed by atoms with Crippen molar-refractivity contribution in [1.29, 1.82) is 0 Å². The van der Waals surface area contributed by atoms with Crippen LogP contribution < -0.4 is 0 Å². The Labute approximate surface area is 150 Å². The molecule has 3 heterocycles. The topological polar surface area (TPSA) is 13.0 Å². The summed E-state index contributed by atoms with van der Waals surface area (Å²) >= 11 is 0. The Balaban J connectivity index is 1.35. The van der Waals surface area contributed by atoms with Gasteiger partial charge in [0.15, 0.2) is 0 Å². The second kappa shape index (κ2) is 6.86. The van der Waals surface area contributed by atoms with Gasteiger partial charge in [0, 0.05) is 69.5 Å². The van der Waals surface area contributed by atoms with Crippen molar-refractivity contribution in [3.63, 3.8) is 0 Å². The molecule has 0 aliphatic carbocycles. The van der Waals surface area contributed by atoms with E-state index in [1.54, 1.807) is 0 Å². The zero-order valence-electron chi connectivity index (χ0n) is 17.0. The third-order valence-electron chi connectivity index (χ3n) is 6.47. The van der Waals surface area contributed by atoms with Gasteiger partial charge in [0.1, 0.15) is 0 Å². The van der Waals surface area contributed by atoms with E-state index < -0.39 is 0 Å². The smallest absolute Gasteiger partial charge is 0.0351 e. The monoisotopic (exact) mass is 336 g/mol. The van der Waals surface area contributed by atoms with Gasteiger partial charge in [-0.15, -0.1) is 0 Å². The second-order valence-corrected chi connectivity index (χ2v) is 10.3. The molecule has 4 heteroatoms. The molecule has 3 saturated heterocycles. The molecule has 0 spiro atoms. The highest BCUT2D eigenvalue weighted by molar-refractivity contribution is 4.94. The average molecular weight is 337 g/mol. The van der Waals surface area contributed by atoms with Crippen molar-refractivity contribution in [3.05, 3.63) is 0 Å². The molecule has 3 aliphatic heterocycles. The van der Waals surface area contributed by atoms with Gasteiger partial charge in [-0.1, -0.05) is 0 Å². The van der Waals surface area contributed by atoms with Gasteiger partial charge in [0.25, 0.3) is 0 Å². The zero-order chi connectivity index (χ0) is 17.5. The molecule has 0 aromatic rings. The fourth-order valence-corrected chi connectivity index (χ4v) is 4.64. The quantitative estimate of drug-likeness (QED) is 0.783. The molecule has 3 fully saturated rings. The van der Waals surface area contributed by atoms with E-state index >= 15 is 0 Å². The highest BCUT2D eigenvalue weighted by Gasteiger charge is 2.37. The zero-order valence-corrected chi connectivity index (χ0v) is 17.0. The fourth-order valence-electron chi connectivity index (χ4n) is 4.64. The summed E-state index contributed by atoms with van der Waals surface area (Å²) in [4.78, 5) is 10.8. The summed E-state index contributed by atoms with van der Waals surface area (Å²) in [6, 6.07) is 0.826. The molecule has 0 saturated carbocycles. The van der Waals surface area contributed by atoms with Gasteiger partial charge in [-0.3, -0.25) is 19.6 Å². The molecule has 3 rings (SSSR count). The van der Waals surface area contributed by atoms with Crippen LogP contribution in [0.5, 0.6) is 0 Å². The maximum atomic E-state index is 2.74. The van der Waals surface area contributed by atoms with Crippen LogP contribution in [0.2, 0.25) is 0 Å². The standard InChI is InChI=1S/C20H40N4/c1-19(2,3)23-11-9-22(10-12-23)18-15-21(16-18)13-17-7-8-24(14-17)20(4,5)6/h17-18H,7-16H2,1-6H3. The number of nitrogens with zero attached hydrogens (tertiary/aromatic N) is 4. The Hall–Kier alpha value is -0.160. The largest absolute Gasteiger partial charge is 0.300 e. The minimum Gasteiger partial charge on any atom is -0.300 e. The molecule has 140 valence electrons. The van der Waals surface area contributed by atoms with Gasteiger partial charge >= 0.3 is 0 Å². The third-order valence-corrected chi connectivity index (χ3v) is 6.47. The van der Waals surface area contributed by atoms with E-state index in [0.717, 1.165) is 12.0 Å². The van der Waals surface area contributed by atoms with E-state index in [0.29, 0.717) is 11.1 Å². The summed E-state index contributed by atoms with van der Waals surface area (Å²) in [5.74, 6) is 0.892. The molecule has 0 N–H and O–H groups in total. The van der Waals surface area contributed by atoms with Crippen LogP contribution in [0.3, 0.4) is 0 Å². The van der Waals surface area contributed by atoms with Crippen molar-refractivity contribution < 1.29 is 0 Å². The number of piperazine rings is 1. The first-order valence-electron chi connectivity index (χ1n) is 10.1. The predicted molar refractivity (Wildman–Crippen MR) is 103 cm³/mol. The SMILES string of the molecule is CC(C)(C)N1CCN(C2CN(CC3CCN(C(C)(C)C)C3)C2)CC1. The van der Waals surface area contributed by atoms with Crippen LogP contribution in [0.15, 0.2) is 0 Å². The molecule has 0 amide bonds. The molecule has 3 aliphatic rings. The summed E-state index contributed by atoms with van der Waals surface area (Å²) < 4.78 is 0. The maximum absolute atomic E-state index is 2.74. The van der Waals surface area contributed by atoms with E-state index in [2.05, 4.69) is 61.1 Å². The normalized spacial score (nSPS) is 30.0. The molecule has 0 aromatic carbocycles. The summed E-state index contributed by atoms with van der Waals surface area (Å²) in [5, 5.41) is 0. The molecule has 1 atom stereocenters. The lowest BCUT2D eigenvalue weighted by Gasteiger charge is -2.50. The lowest BCUT2D eigenvalue weighted by Crippen LogP contribution is -2.64. The lowest BCUT2D eigenvalue weighted by molar-refractivity contribution is -0.0185. The maximum Gasteiger partial charge on any atom is 0.0351 e. The molecule has 0 bridgehead atoms. The molecule has 0 radical (unpaired) electrons. The Morgan fingerprint density at radius 2 is 1.29 bits per heavy atom. The summed E-state index contributed by atoms with van der Waals surface area (Å²) in [7, 11) is 0. The minimum absolute atomic E-state index is 0.332. The van der Waals surface area contributed by atoms with Crippen LogP contribution in [0.1, 0.15) is 48.0 Å². The lowest BCUT2D eigenvalue weighted by atomic mass is 10.00. The van der Waals surface area contributed by atoms with Gasteiger partial charge < -0.3 is 0 Å². The molecule has 4 nitrogen and oxygen atoms in total. The van der Waals surface area contributed by atoms with Crippen molar-refractivity contribution >= 4 is 0 Å². The average Bonchev–Trinajstić information content (AvgIpc) is 2.90. The van der Waals surface area contributed by atoms with E-state index in [1.165, 1.54) is 65.3 Å². The second-order valence-electron chi connectivity index (χ2n) is 10.3. The molecule has 1 unspecified atom stereocenters. The van der Waals surface area contributed by atoms with Crippen LogP contribution >= 0.6 is 0 Å². The Bertz CT molecular complexity index is 408. The van der Waals surface area contributed by atoms with Gasteiger partial charge in [0.2, 0.25) is 0 Å². The number of rotatable bonds is 3. The van der Waals surface area contributed by atoms with Crippen LogP contribution in [0.4, 0.5) is 0 Å². The molecule has 0 aromatic heterocycles. The van der Waals surface area contributed by atoms with Crippen LogP contribution in [0.25, 0.3) is 0 Å². The minimum atomic E-state index is 0.332. The van der Waals surface area contributed by atoms with Crippen molar-refractivity contribution in [3.8, 4) is 0 Å². The van der Waals surface area contributed by atoms with Gasteiger partial charge in [0.05, 0.1) is 0 Å². The van der Waals surface area contributed by atoms with Crippen LogP contribution in [-0.2, 0) is 0 Å². The van der Waals surface area contributed by atoms with Crippen molar-refractivity contribution in [2.24, 2.45) is 5.92 Å². The van der Waals surface area contributed by atoms with E-state index in [4.69, 9.17) is 0 Å². The first-order chi connectivity index (χ1) is 11.1. The van der Waals surface area contributed by atoms with Crippen molar-refractivity contribution in [2.45, 2.75) is 65.1 Å². The first-order valence-corrected chi connectivity index (χ1v) is 10.1. The summed E-state index contributed by atoms with van der Waals surface area (Å²) in [6.07, 6.45) is 1.39. The summed E-state index contributed by atoms with van der Waals surface area (Å²) in [5.41, 5.74) is 0.679. The highest BCUT2D eigenvalue weighted by atomic mass is 15.4. The van der Waals surface area contributed by atoms with Gasteiger partial charge in [-0.2, -0.15) is 0 Å². The summed E-state index contributed by atoms with van der Waals surface area (Å²) in [6.45, 7) is 25.6. The Morgan fingerprint density at radius 1 is 0.708 bits per heavy atom. The van der Waals surface area contributed by atoms with Gasteiger partial charge in [-0.25, -0.2) is 0 Å². The Morgan fingerprint density at radius 3 is 1.79 bits per heavy atom. The molecular formula is C20H40N4. The number of hydrogen-bond donors (Lipinski definition) is 0. The molecular weight excluding hydrogens is 296 g/mol. The highest BCUT2D eigenvalue weighted by Crippen LogP contribution is 2.27. The van der Waals surface area contributed by atoms with E-state index in [-0.39, 0.29) is 0 Å². The Kier molecular flexibility index (Phi) is 5.33. The van der Waals surface area contributed by atoms with Crippen LogP contribution in [-0.4, -0.2) is 95.6 Å².